The standard InChI is InChI=1S/C15H20N4O4/c1-9(2)3-4-18-7-17-14-13(15(18)22)16-8-19(14)12-5-10(21)11(6-20)23-12/h3,7-8,10-12,20-21H,4-6H2,1-2H3/t10-,11-,12-/m1/s1. The summed E-state index contributed by atoms with van der Waals surface area (Å²) in [6.45, 7) is 4.12. The highest BCUT2D eigenvalue weighted by atomic mass is 16.5. The maximum Gasteiger partial charge on any atom is 0.281 e. The highest BCUT2D eigenvalue weighted by Gasteiger charge is 2.35. The summed E-state index contributed by atoms with van der Waals surface area (Å²) in [6.07, 6.45) is 3.36. The van der Waals surface area contributed by atoms with E-state index in [0.29, 0.717) is 18.6 Å². The molecule has 2 aromatic heterocycles. The number of aliphatic hydroxyl groups is 2. The van der Waals surface area contributed by atoms with E-state index in [2.05, 4.69) is 9.97 Å². The van der Waals surface area contributed by atoms with Crippen LogP contribution >= 0.6 is 0 Å². The van der Waals surface area contributed by atoms with Gasteiger partial charge in [-0.15, -0.1) is 0 Å². The average Bonchev–Trinajstić information content (AvgIpc) is 3.10. The molecule has 1 fully saturated rings. The number of fused-ring (bicyclic) bond motifs is 1. The number of hydrogen-bond acceptors (Lipinski definition) is 6. The lowest BCUT2D eigenvalue weighted by Gasteiger charge is -2.13. The van der Waals surface area contributed by atoms with E-state index in [0.717, 1.165) is 5.57 Å². The number of nitrogens with zero attached hydrogens (tertiary/aromatic N) is 4. The number of aliphatic hydroxyl groups excluding tert-OH is 2. The van der Waals surface area contributed by atoms with Crippen LogP contribution in [-0.4, -0.2) is 48.1 Å². The summed E-state index contributed by atoms with van der Waals surface area (Å²) in [5.74, 6) is 0. The lowest BCUT2D eigenvalue weighted by molar-refractivity contribution is -0.0432. The van der Waals surface area contributed by atoms with Crippen molar-refractivity contribution >= 4 is 11.2 Å². The van der Waals surface area contributed by atoms with E-state index in [-0.39, 0.29) is 17.7 Å². The summed E-state index contributed by atoms with van der Waals surface area (Å²) in [5.41, 5.74) is 1.58. The number of imidazole rings is 1. The molecule has 3 rings (SSSR count). The molecular formula is C15H20N4O4. The van der Waals surface area contributed by atoms with Crippen LogP contribution in [0.25, 0.3) is 11.2 Å². The smallest absolute Gasteiger partial charge is 0.281 e. The van der Waals surface area contributed by atoms with E-state index in [1.807, 2.05) is 19.9 Å². The molecule has 0 saturated carbocycles. The molecule has 0 bridgehead atoms. The van der Waals surface area contributed by atoms with Crippen molar-refractivity contribution < 1.29 is 14.9 Å². The Bertz CT molecular complexity index is 790. The first kappa shape index (κ1) is 15.9. The van der Waals surface area contributed by atoms with Gasteiger partial charge >= 0.3 is 0 Å². The lowest BCUT2D eigenvalue weighted by Crippen LogP contribution is -2.24. The number of rotatable bonds is 4. The van der Waals surface area contributed by atoms with Gasteiger partial charge in [-0.25, -0.2) is 9.97 Å². The molecule has 2 N–H and O–H groups in total. The number of aromatic nitrogens is 4. The van der Waals surface area contributed by atoms with Crippen molar-refractivity contribution in [3.63, 3.8) is 0 Å². The first-order valence-corrected chi connectivity index (χ1v) is 7.51. The van der Waals surface area contributed by atoms with Crippen molar-refractivity contribution in [3.05, 3.63) is 34.7 Å². The molecule has 124 valence electrons. The number of hydrogen-bond donors (Lipinski definition) is 2. The molecule has 0 aliphatic carbocycles. The molecule has 23 heavy (non-hydrogen) atoms. The topological polar surface area (TPSA) is 102 Å². The van der Waals surface area contributed by atoms with Gasteiger partial charge in [-0.3, -0.25) is 13.9 Å². The average molecular weight is 320 g/mol. The Kier molecular flexibility index (Phi) is 4.29. The van der Waals surface area contributed by atoms with Gasteiger partial charge in [0.25, 0.3) is 5.56 Å². The lowest BCUT2D eigenvalue weighted by atomic mass is 10.2. The minimum atomic E-state index is -0.750. The van der Waals surface area contributed by atoms with Crippen LogP contribution in [0.4, 0.5) is 0 Å². The Labute approximate surface area is 132 Å². The summed E-state index contributed by atoms with van der Waals surface area (Å²) < 4.78 is 8.71. The summed E-state index contributed by atoms with van der Waals surface area (Å²) in [7, 11) is 0. The second kappa shape index (κ2) is 6.23. The van der Waals surface area contributed by atoms with Crippen LogP contribution in [0.2, 0.25) is 0 Å². The van der Waals surface area contributed by atoms with Gasteiger partial charge in [0.1, 0.15) is 18.7 Å². The molecule has 1 saturated heterocycles. The van der Waals surface area contributed by atoms with Crippen LogP contribution in [0.5, 0.6) is 0 Å². The van der Waals surface area contributed by atoms with Crippen LogP contribution < -0.4 is 5.56 Å². The third-order valence-electron chi connectivity index (χ3n) is 3.94. The van der Waals surface area contributed by atoms with Gasteiger partial charge < -0.3 is 14.9 Å². The molecule has 0 unspecified atom stereocenters. The minimum Gasteiger partial charge on any atom is -0.394 e. The van der Waals surface area contributed by atoms with Crippen LogP contribution in [0.3, 0.4) is 0 Å². The van der Waals surface area contributed by atoms with E-state index in [4.69, 9.17) is 9.84 Å². The normalized spacial score (nSPS) is 24.3. The fraction of sp³-hybridized carbons (Fsp3) is 0.533. The van der Waals surface area contributed by atoms with Crippen LogP contribution in [-0.2, 0) is 11.3 Å². The van der Waals surface area contributed by atoms with Crippen molar-refractivity contribution in [1.29, 1.82) is 0 Å². The van der Waals surface area contributed by atoms with Gasteiger partial charge in [0.05, 0.1) is 19.0 Å². The largest absolute Gasteiger partial charge is 0.394 e. The Hall–Kier alpha value is -2.03. The number of allylic oxidation sites excluding steroid dienone is 2. The fourth-order valence-electron chi connectivity index (χ4n) is 2.62. The Morgan fingerprint density at radius 2 is 2.22 bits per heavy atom. The molecule has 8 nitrogen and oxygen atoms in total. The third-order valence-corrected chi connectivity index (χ3v) is 3.94. The van der Waals surface area contributed by atoms with Crippen LogP contribution in [0.15, 0.2) is 29.1 Å². The maximum absolute atomic E-state index is 12.4. The summed E-state index contributed by atoms with van der Waals surface area (Å²) >= 11 is 0. The quantitative estimate of drug-likeness (QED) is 0.780. The Morgan fingerprint density at radius 3 is 2.87 bits per heavy atom. The van der Waals surface area contributed by atoms with E-state index >= 15 is 0 Å². The van der Waals surface area contributed by atoms with Crippen molar-refractivity contribution in [2.24, 2.45) is 0 Å². The molecular weight excluding hydrogens is 300 g/mol. The molecule has 1 aliphatic rings. The third kappa shape index (κ3) is 2.92. The van der Waals surface area contributed by atoms with E-state index in [9.17, 15) is 9.90 Å². The van der Waals surface area contributed by atoms with Crippen molar-refractivity contribution in [3.8, 4) is 0 Å². The highest BCUT2D eigenvalue weighted by molar-refractivity contribution is 5.69. The molecule has 1 aliphatic heterocycles. The van der Waals surface area contributed by atoms with Gasteiger partial charge in [0, 0.05) is 13.0 Å². The van der Waals surface area contributed by atoms with E-state index in [1.54, 1.807) is 4.57 Å². The number of ether oxygens (including phenoxy) is 1. The minimum absolute atomic E-state index is 0.219. The fourth-order valence-corrected chi connectivity index (χ4v) is 2.62. The molecule has 2 aromatic rings. The summed E-state index contributed by atoms with van der Waals surface area (Å²) in [6, 6.07) is 0. The first-order valence-electron chi connectivity index (χ1n) is 7.51. The second-order valence-electron chi connectivity index (χ2n) is 5.92. The van der Waals surface area contributed by atoms with Crippen molar-refractivity contribution in [1.82, 2.24) is 19.1 Å². The Balaban J connectivity index is 1.95. The van der Waals surface area contributed by atoms with Crippen molar-refractivity contribution in [2.45, 2.75) is 45.2 Å². The van der Waals surface area contributed by atoms with Crippen molar-refractivity contribution in [2.75, 3.05) is 6.61 Å². The highest BCUT2D eigenvalue weighted by Crippen LogP contribution is 2.29. The Morgan fingerprint density at radius 1 is 1.43 bits per heavy atom. The molecule has 0 aromatic carbocycles. The molecule has 0 radical (unpaired) electrons. The molecule has 8 heteroatoms. The van der Waals surface area contributed by atoms with Crippen LogP contribution in [0.1, 0.15) is 26.5 Å². The zero-order valence-corrected chi connectivity index (χ0v) is 13.1. The monoisotopic (exact) mass is 320 g/mol. The van der Waals surface area contributed by atoms with E-state index < -0.39 is 18.4 Å². The SMILES string of the molecule is CC(C)=CCn1cnc2c(ncn2[C@H]2C[C@@H](O)[C@@H](CO)O2)c1=O. The summed E-state index contributed by atoms with van der Waals surface area (Å²) in [5, 5.41) is 19.0. The summed E-state index contributed by atoms with van der Waals surface area (Å²) in [4.78, 5) is 20.9. The molecule has 3 atom stereocenters. The molecule has 0 amide bonds. The zero-order chi connectivity index (χ0) is 16.6. The van der Waals surface area contributed by atoms with Gasteiger partial charge in [-0.2, -0.15) is 0 Å². The maximum atomic E-state index is 12.4. The second-order valence-corrected chi connectivity index (χ2v) is 5.92. The van der Waals surface area contributed by atoms with Crippen LogP contribution in [0, 0.1) is 0 Å². The predicted octanol–water partition coefficient (Wildman–Crippen LogP) is 0.200. The van der Waals surface area contributed by atoms with E-state index in [1.165, 1.54) is 17.2 Å². The first-order chi connectivity index (χ1) is 11.0. The van der Waals surface area contributed by atoms with Gasteiger partial charge in [0.2, 0.25) is 0 Å². The molecule has 0 spiro atoms. The van der Waals surface area contributed by atoms with Gasteiger partial charge in [0.15, 0.2) is 11.2 Å². The molecule has 3 heterocycles. The zero-order valence-electron chi connectivity index (χ0n) is 13.1. The van der Waals surface area contributed by atoms with Gasteiger partial charge in [-0.05, 0) is 13.8 Å². The van der Waals surface area contributed by atoms with Gasteiger partial charge in [-0.1, -0.05) is 11.6 Å². The predicted molar refractivity (Wildman–Crippen MR) is 82.8 cm³/mol.